The minimum atomic E-state index is -3.17. The lowest BCUT2D eigenvalue weighted by molar-refractivity contribution is 0.135. The van der Waals surface area contributed by atoms with Gasteiger partial charge in [-0.05, 0) is 56.7 Å². The van der Waals surface area contributed by atoms with Crippen molar-refractivity contribution in [1.29, 1.82) is 0 Å². The van der Waals surface area contributed by atoms with Crippen LogP contribution >= 0.6 is 0 Å². The van der Waals surface area contributed by atoms with Crippen LogP contribution < -0.4 is 4.72 Å². The van der Waals surface area contributed by atoms with Gasteiger partial charge in [-0.1, -0.05) is 43.2 Å². The van der Waals surface area contributed by atoms with Crippen molar-refractivity contribution < 1.29 is 8.42 Å². The van der Waals surface area contributed by atoms with Gasteiger partial charge in [-0.15, -0.1) is 0 Å². The van der Waals surface area contributed by atoms with Gasteiger partial charge in [-0.3, -0.25) is 0 Å². The van der Waals surface area contributed by atoms with Crippen LogP contribution in [-0.4, -0.2) is 44.7 Å². The summed E-state index contributed by atoms with van der Waals surface area (Å²) in [7, 11) is -3.17. The van der Waals surface area contributed by atoms with Crippen molar-refractivity contribution in [2.45, 2.75) is 51.0 Å². The maximum atomic E-state index is 12.2. The Labute approximate surface area is 146 Å². The molecule has 1 aromatic carbocycles. The molecule has 1 heterocycles. The highest BCUT2D eigenvalue weighted by molar-refractivity contribution is 7.89. The summed E-state index contributed by atoms with van der Waals surface area (Å²) in [6.45, 7) is 2.89. The standard InChI is InChI=1S/C19H30N2O2S/c22-24(23,15-12-17-6-2-1-3-7-17)20-16-18-10-13-21(14-11-18)19-8-4-5-9-19/h1-3,6-7,18-20H,4-5,8-16H2. The van der Waals surface area contributed by atoms with Gasteiger partial charge < -0.3 is 4.90 Å². The highest BCUT2D eigenvalue weighted by Gasteiger charge is 2.27. The minimum absolute atomic E-state index is 0.179. The molecule has 4 nitrogen and oxygen atoms in total. The van der Waals surface area contributed by atoms with Crippen LogP contribution in [0.5, 0.6) is 0 Å². The molecule has 0 aromatic heterocycles. The van der Waals surface area contributed by atoms with Gasteiger partial charge in [0.25, 0.3) is 0 Å². The largest absolute Gasteiger partial charge is 0.300 e. The van der Waals surface area contributed by atoms with Gasteiger partial charge in [-0.2, -0.15) is 0 Å². The molecule has 1 saturated heterocycles. The second-order valence-electron chi connectivity index (χ2n) is 7.32. The summed E-state index contributed by atoms with van der Waals surface area (Å²) in [4.78, 5) is 2.63. The van der Waals surface area contributed by atoms with Gasteiger partial charge in [0.1, 0.15) is 0 Å². The van der Waals surface area contributed by atoms with Crippen LogP contribution in [0.25, 0.3) is 0 Å². The predicted molar refractivity (Wildman–Crippen MR) is 98.5 cm³/mol. The fourth-order valence-corrected chi connectivity index (χ4v) is 5.14. The third kappa shape index (κ3) is 5.30. The van der Waals surface area contributed by atoms with E-state index in [1.807, 2.05) is 30.3 Å². The lowest BCUT2D eigenvalue weighted by Crippen LogP contribution is -2.43. The van der Waals surface area contributed by atoms with E-state index in [1.165, 1.54) is 25.7 Å². The Bertz CT molecular complexity index is 589. The number of hydrogen-bond acceptors (Lipinski definition) is 3. The van der Waals surface area contributed by atoms with Crippen molar-refractivity contribution >= 4 is 10.0 Å². The first-order chi connectivity index (χ1) is 11.6. The zero-order chi connectivity index (χ0) is 16.8. The highest BCUT2D eigenvalue weighted by Crippen LogP contribution is 2.27. The highest BCUT2D eigenvalue weighted by atomic mass is 32.2. The summed E-state index contributed by atoms with van der Waals surface area (Å²) in [5, 5.41) is 0. The van der Waals surface area contributed by atoms with E-state index in [1.54, 1.807) is 0 Å². The quantitative estimate of drug-likeness (QED) is 0.823. The van der Waals surface area contributed by atoms with E-state index >= 15 is 0 Å². The maximum Gasteiger partial charge on any atom is 0.211 e. The van der Waals surface area contributed by atoms with E-state index in [4.69, 9.17) is 0 Å². The fourth-order valence-electron chi connectivity index (χ4n) is 4.01. The molecule has 2 fully saturated rings. The van der Waals surface area contributed by atoms with Crippen LogP contribution in [0.15, 0.2) is 30.3 Å². The molecular formula is C19H30N2O2S. The average molecular weight is 351 g/mol. The van der Waals surface area contributed by atoms with Crippen molar-refractivity contribution in [2.24, 2.45) is 5.92 Å². The number of aryl methyl sites for hydroxylation is 1. The molecule has 0 bridgehead atoms. The number of benzene rings is 1. The Balaban J connectivity index is 1.37. The molecule has 0 atom stereocenters. The van der Waals surface area contributed by atoms with Crippen molar-refractivity contribution in [3.8, 4) is 0 Å². The molecule has 2 aliphatic rings. The number of likely N-dealkylation sites (tertiary alicyclic amines) is 1. The summed E-state index contributed by atoms with van der Waals surface area (Å²) >= 11 is 0. The number of nitrogens with one attached hydrogen (secondary N) is 1. The van der Waals surface area contributed by atoms with Crippen molar-refractivity contribution in [3.63, 3.8) is 0 Å². The average Bonchev–Trinajstić information content (AvgIpc) is 3.15. The Morgan fingerprint density at radius 3 is 2.33 bits per heavy atom. The number of hydrogen-bond donors (Lipinski definition) is 1. The van der Waals surface area contributed by atoms with Crippen LogP contribution in [0.4, 0.5) is 0 Å². The van der Waals surface area contributed by atoms with Crippen LogP contribution in [0.2, 0.25) is 0 Å². The zero-order valence-electron chi connectivity index (χ0n) is 14.5. The molecule has 0 radical (unpaired) electrons. The topological polar surface area (TPSA) is 49.4 Å². The van der Waals surface area contributed by atoms with E-state index in [9.17, 15) is 8.42 Å². The minimum Gasteiger partial charge on any atom is -0.300 e. The van der Waals surface area contributed by atoms with Gasteiger partial charge >= 0.3 is 0 Å². The lowest BCUT2D eigenvalue weighted by Gasteiger charge is -2.36. The molecule has 3 rings (SSSR count). The van der Waals surface area contributed by atoms with Crippen LogP contribution in [0.1, 0.15) is 44.1 Å². The Morgan fingerprint density at radius 1 is 1.00 bits per heavy atom. The zero-order valence-corrected chi connectivity index (χ0v) is 15.3. The van der Waals surface area contributed by atoms with Crippen molar-refractivity contribution in [2.75, 3.05) is 25.4 Å². The fraction of sp³-hybridized carbons (Fsp3) is 0.684. The number of sulfonamides is 1. The van der Waals surface area contributed by atoms with Crippen molar-refractivity contribution in [3.05, 3.63) is 35.9 Å². The van der Waals surface area contributed by atoms with Crippen LogP contribution in [-0.2, 0) is 16.4 Å². The molecular weight excluding hydrogens is 320 g/mol. The van der Waals surface area contributed by atoms with Crippen LogP contribution in [0.3, 0.4) is 0 Å². The Hall–Kier alpha value is -0.910. The van der Waals surface area contributed by atoms with Crippen molar-refractivity contribution in [1.82, 2.24) is 9.62 Å². The molecule has 1 aliphatic heterocycles. The molecule has 134 valence electrons. The van der Waals surface area contributed by atoms with Gasteiger partial charge in [0.15, 0.2) is 0 Å². The monoisotopic (exact) mass is 350 g/mol. The van der Waals surface area contributed by atoms with Gasteiger partial charge in [0.05, 0.1) is 5.75 Å². The summed E-state index contributed by atoms with van der Waals surface area (Å²) in [6, 6.07) is 10.6. The Morgan fingerprint density at radius 2 is 1.67 bits per heavy atom. The summed E-state index contributed by atoms with van der Waals surface area (Å²) in [5.41, 5.74) is 1.08. The second-order valence-corrected chi connectivity index (χ2v) is 9.25. The molecule has 1 aliphatic carbocycles. The third-order valence-electron chi connectivity index (χ3n) is 5.58. The number of rotatable bonds is 7. The summed E-state index contributed by atoms with van der Waals surface area (Å²) in [6.07, 6.45) is 8.30. The Kier molecular flexibility index (Phi) is 6.31. The molecule has 24 heavy (non-hydrogen) atoms. The van der Waals surface area contributed by atoms with Gasteiger partial charge in [0, 0.05) is 12.6 Å². The molecule has 1 saturated carbocycles. The molecule has 1 N–H and O–H groups in total. The normalized spacial score (nSPS) is 21.3. The molecule has 1 aromatic rings. The molecule has 0 amide bonds. The predicted octanol–water partition coefficient (Wildman–Crippen LogP) is 2.80. The maximum absolute atomic E-state index is 12.2. The summed E-state index contributed by atoms with van der Waals surface area (Å²) in [5.74, 6) is 0.673. The van der Waals surface area contributed by atoms with E-state index in [-0.39, 0.29) is 5.75 Å². The summed E-state index contributed by atoms with van der Waals surface area (Å²) < 4.78 is 27.2. The second kappa shape index (κ2) is 8.45. The first kappa shape index (κ1) is 17.9. The van der Waals surface area contributed by atoms with Gasteiger partial charge in [0.2, 0.25) is 10.0 Å². The first-order valence-corrected chi connectivity index (χ1v) is 11.0. The molecule has 5 heteroatoms. The number of nitrogens with zero attached hydrogens (tertiary/aromatic N) is 1. The third-order valence-corrected chi connectivity index (χ3v) is 6.93. The molecule has 0 spiro atoms. The number of piperidine rings is 1. The SMILES string of the molecule is O=S(=O)(CCc1ccccc1)NCC1CCN(C2CCCC2)CC1. The van der Waals surface area contributed by atoms with E-state index < -0.39 is 10.0 Å². The van der Waals surface area contributed by atoms with Gasteiger partial charge in [-0.25, -0.2) is 13.1 Å². The first-order valence-electron chi connectivity index (χ1n) is 9.38. The molecule has 0 unspecified atom stereocenters. The van der Waals surface area contributed by atoms with E-state index in [2.05, 4.69) is 9.62 Å². The van der Waals surface area contributed by atoms with E-state index in [0.29, 0.717) is 18.9 Å². The lowest BCUT2D eigenvalue weighted by atomic mass is 9.96. The smallest absolute Gasteiger partial charge is 0.211 e. The van der Waals surface area contributed by atoms with Crippen LogP contribution in [0, 0.1) is 5.92 Å². The van der Waals surface area contributed by atoms with E-state index in [0.717, 1.165) is 37.5 Å².